The van der Waals surface area contributed by atoms with Gasteiger partial charge >= 0.3 is 0 Å². The van der Waals surface area contributed by atoms with Crippen LogP contribution in [0, 0.1) is 0 Å². The second-order valence-electron chi connectivity index (χ2n) is 3.49. The zero-order chi connectivity index (χ0) is 12.1. The van der Waals surface area contributed by atoms with Crippen molar-refractivity contribution in [3.05, 3.63) is 54.0 Å². The van der Waals surface area contributed by atoms with E-state index in [2.05, 4.69) is 15.4 Å². The zero-order valence-corrected chi connectivity index (χ0v) is 9.50. The van der Waals surface area contributed by atoms with Gasteiger partial charge in [0.15, 0.2) is 0 Å². The molecule has 2 aromatic heterocycles. The summed E-state index contributed by atoms with van der Waals surface area (Å²) in [6, 6.07) is 7.39. The molecule has 17 heavy (non-hydrogen) atoms. The molecule has 0 bridgehead atoms. The summed E-state index contributed by atoms with van der Waals surface area (Å²) in [4.78, 5) is 8.23. The minimum atomic E-state index is -0.188. The summed E-state index contributed by atoms with van der Waals surface area (Å²) in [6.07, 6.45) is 5.16. The Morgan fingerprint density at radius 2 is 2.12 bits per heavy atom. The van der Waals surface area contributed by atoms with Gasteiger partial charge in [0.2, 0.25) is 5.88 Å². The second kappa shape index (κ2) is 5.38. The van der Waals surface area contributed by atoms with Crippen LogP contribution in [0.15, 0.2) is 42.9 Å². The maximum absolute atomic E-state index is 5.60. The molecular weight excluding hydrogens is 216 g/mol. The van der Waals surface area contributed by atoms with Crippen molar-refractivity contribution in [2.24, 2.45) is 5.84 Å². The van der Waals surface area contributed by atoms with E-state index in [0.717, 1.165) is 11.1 Å². The van der Waals surface area contributed by atoms with Crippen LogP contribution in [0.1, 0.15) is 17.2 Å². The summed E-state index contributed by atoms with van der Waals surface area (Å²) < 4.78 is 5.22. The molecule has 0 fully saturated rings. The van der Waals surface area contributed by atoms with E-state index in [4.69, 9.17) is 10.6 Å². The summed E-state index contributed by atoms with van der Waals surface area (Å²) in [5, 5.41) is 0. The minimum Gasteiger partial charge on any atom is -0.481 e. The number of pyridine rings is 2. The maximum atomic E-state index is 5.60. The van der Waals surface area contributed by atoms with Gasteiger partial charge in [0.25, 0.3) is 0 Å². The first-order chi connectivity index (χ1) is 8.36. The molecule has 5 nitrogen and oxygen atoms in total. The monoisotopic (exact) mass is 230 g/mol. The third kappa shape index (κ3) is 2.41. The Morgan fingerprint density at radius 1 is 1.29 bits per heavy atom. The number of hydrazine groups is 1. The van der Waals surface area contributed by atoms with E-state index in [1.165, 1.54) is 0 Å². The molecule has 2 rings (SSSR count). The van der Waals surface area contributed by atoms with E-state index in [9.17, 15) is 0 Å². The molecule has 2 aromatic rings. The van der Waals surface area contributed by atoms with Gasteiger partial charge in [0, 0.05) is 24.2 Å². The van der Waals surface area contributed by atoms with Gasteiger partial charge in [-0.05, 0) is 17.7 Å². The largest absolute Gasteiger partial charge is 0.481 e. The third-order valence-corrected chi connectivity index (χ3v) is 2.49. The molecule has 0 radical (unpaired) electrons. The van der Waals surface area contributed by atoms with Gasteiger partial charge in [-0.15, -0.1) is 0 Å². The van der Waals surface area contributed by atoms with Crippen molar-refractivity contribution < 1.29 is 4.74 Å². The number of nitrogens with zero attached hydrogens (tertiary/aromatic N) is 2. The highest BCUT2D eigenvalue weighted by Gasteiger charge is 2.17. The molecule has 1 atom stereocenters. The highest BCUT2D eigenvalue weighted by molar-refractivity contribution is 5.36. The number of methoxy groups -OCH3 is 1. The Balaban J connectivity index is 2.42. The first-order valence-corrected chi connectivity index (χ1v) is 5.21. The van der Waals surface area contributed by atoms with Crippen molar-refractivity contribution in [1.82, 2.24) is 15.4 Å². The lowest BCUT2D eigenvalue weighted by molar-refractivity contribution is 0.387. The number of hydrogen-bond acceptors (Lipinski definition) is 5. The molecule has 0 amide bonds. The van der Waals surface area contributed by atoms with Gasteiger partial charge in [0.05, 0.1) is 13.2 Å². The number of ether oxygens (including phenoxy) is 1. The molecule has 1 unspecified atom stereocenters. The van der Waals surface area contributed by atoms with Gasteiger partial charge in [-0.2, -0.15) is 0 Å². The quantitative estimate of drug-likeness (QED) is 0.606. The Morgan fingerprint density at radius 3 is 2.76 bits per heavy atom. The lowest BCUT2D eigenvalue weighted by atomic mass is 10.0. The smallest absolute Gasteiger partial charge is 0.218 e. The number of nitrogens with one attached hydrogen (secondary N) is 1. The lowest BCUT2D eigenvalue weighted by Crippen LogP contribution is -2.29. The standard InChI is InChI=1S/C12H14N4O/c1-17-12-10(5-3-7-15-12)11(16-13)9-4-2-6-14-8-9/h2-8,11,16H,13H2,1H3. The molecule has 3 N–H and O–H groups in total. The van der Waals surface area contributed by atoms with Crippen molar-refractivity contribution in [3.8, 4) is 5.88 Å². The molecule has 5 heteroatoms. The number of rotatable bonds is 4. The van der Waals surface area contributed by atoms with Crippen LogP contribution in [0.4, 0.5) is 0 Å². The lowest BCUT2D eigenvalue weighted by Gasteiger charge is -2.18. The Hall–Kier alpha value is -1.98. The Bertz CT molecular complexity index is 475. The fraction of sp³-hybridized carbons (Fsp3) is 0.167. The number of hydrogen-bond donors (Lipinski definition) is 2. The molecule has 0 saturated heterocycles. The van der Waals surface area contributed by atoms with E-state index >= 15 is 0 Å². The third-order valence-electron chi connectivity index (χ3n) is 2.49. The highest BCUT2D eigenvalue weighted by atomic mass is 16.5. The van der Waals surface area contributed by atoms with Crippen molar-refractivity contribution >= 4 is 0 Å². The Labute approximate surface area is 99.6 Å². The highest BCUT2D eigenvalue weighted by Crippen LogP contribution is 2.26. The van der Waals surface area contributed by atoms with Crippen LogP contribution in [0.3, 0.4) is 0 Å². The fourth-order valence-corrected chi connectivity index (χ4v) is 1.71. The molecule has 0 aromatic carbocycles. The van der Waals surface area contributed by atoms with Crippen LogP contribution in [0.5, 0.6) is 5.88 Å². The first kappa shape index (κ1) is 11.5. The van der Waals surface area contributed by atoms with Crippen LogP contribution in [-0.2, 0) is 0 Å². The topological polar surface area (TPSA) is 73.1 Å². The molecule has 88 valence electrons. The molecule has 0 saturated carbocycles. The van der Waals surface area contributed by atoms with Crippen LogP contribution < -0.4 is 16.0 Å². The van der Waals surface area contributed by atoms with Crippen molar-refractivity contribution in [2.75, 3.05) is 7.11 Å². The predicted octanol–water partition coefficient (Wildman–Crippen LogP) is 1.04. The van der Waals surface area contributed by atoms with Crippen LogP contribution in [-0.4, -0.2) is 17.1 Å². The van der Waals surface area contributed by atoms with Crippen molar-refractivity contribution in [2.45, 2.75) is 6.04 Å². The minimum absolute atomic E-state index is 0.188. The SMILES string of the molecule is COc1ncccc1C(NN)c1cccnc1. The average Bonchev–Trinajstić information content (AvgIpc) is 2.41. The van der Waals surface area contributed by atoms with E-state index in [0.29, 0.717) is 5.88 Å². The van der Waals surface area contributed by atoms with E-state index in [-0.39, 0.29) is 6.04 Å². The van der Waals surface area contributed by atoms with Crippen molar-refractivity contribution in [1.29, 1.82) is 0 Å². The molecule has 2 heterocycles. The van der Waals surface area contributed by atoms with Crippen molar-refractivity contribution in [3.63, 3.8) is 0 Å². The number of aromatic nitrogens is 2. The molecule has 0 aliphatic carbocycles. The van der Waals surface area contributed by atoms with E-state index in [1.807, 2.05) is 24.3 Å². The van der Waals surface area contributed by atoms with Crippen LogP contribution in [0.2, 0.25) is 0 Å². The van der Waals surface area contributed by atoms with Gasteiger partial charge in [-0.3, -0.25) is 10.8 Å². The molecule has 0 spiro atoms. The van der Waals surface area contributed by atoms with Gasteiger partial charge in [-0.1, -0.05) is 12.1 Å². The summed E-state index contributed by atoms with van der Waals surface area (Å²) in [6.45, 7) is 0. The van der Waals surface area contributed by atoms with Crippen LogP contribution in [0.25, 0.3) is 0 Å². The summed E-state index contributed by atoms with van der Waals surface area (Å²) in [7, 11) is 1.59. The van der Waals surface area contributed by atoms with Gasteiger partial charge in [-0.25, -0.2) is 10.4 Å². The van der Waals surface area contributed by atoms with E-state index < -0.39 is 0 Å². The second-order valence-corrected chi connectivity index (χ2v) is 3.49. The Kier molecular flexibility index (Phi) is 3.64. The van der Waals surface area contributed by atoms with E-state index in [1.54, 1.807) is 25.7 Å². The molecule has 0 aliphatic heterocycles. The normalized spacial score (nSPS) is 12.1. The summed E-state index contributed by atoms with van der Waals surface area (Å²) in [5.41, 5.74) is 4.59. The van der Waals surface area contributed by atoms with Gasteiger partial charge in [0.1, 0.15) is 0 Å². The molecule has 0 aliphatic rings. The summed E-state index contributed by atoms with van der Waals surface area (Å²) >= 11 is 0. The maximum Gasteiger partial charge on any atom is 0.218 e. The zero-order valence-electron chi connectivity index (χ0n) is 9.50. The number of nitrogens with two attached hydrogens (primary N) is 1. The fourth-order valence-electron chi connectivity index (χ4n) is 1.71. The average molecular weight is 230 g/mol. The first-order valence-electron chi connectivity index (χ1n) is 5.21. The predicted molar refractivity (Wildman–Crippen MR) is 64.2 cm³/mol. The summed E-state index contributed by atoms with van der Waals surface area (Å²) in [5.74, 6) is 6.15. The van der Waals surface area contributed by atoms with Crippen LogP contribution >= 0.6 is 0 Å². The van der Waals surface area contributed by atoms with Gasteiger partial charge < -0.3 is 4.74 Å². The molecular formula is C12H14N4O.